The van der Waals surface area contributed by atoms with Crippen molar-refractivity contribution < 1.29 is 14.6 Å². The molecule has 0 unspecified atom stereocenters. The number of ether oxygens (including phenoxy) is 1. The van der Waals surface area contributed by atoms with E-state index in [1.165, 1.54) is 25.7 Å². The molecule has 1 aromatic rings. The van der Waals surface area contributed by atoms with E-state index in [9.17, 15) is 4.79 Å². The van der Waals surface area contributed by atoms with E-state index < -0.39 is 5.97 Å². The molecule has 0 aliphatic heterocycles. The van der Waals surface area contributed by atoms with Gasteiger partial charge in [0.1, 0.15) is 5.75 Å². The average molecular weight is 265 g/mol. The van der Waals surface area contributed by atoms with Crippen LogP contribution in [-0.4, -0.2) is 24.2 Å². The smallest absolute Gasteiger partial charge is 0.341 e. The summed E-state index contributed by atoms with van der Waals surface area (Å²) < 4.78 is 5.14. The number of carboxylic acids is 1. The quantitative estimate of drug-likeness (QED) is 0.639. The molecule has 0 atom stereocenters. The maximum absolute atomic E-state index is 10.4. The van der Waals surface area contributed by atoms with Crippen molar-refractivity contribution in [3.05, 3.63) is 29.8 Å². The minimum Gasteiger partial charge on any atom is -0.482 e. The SMILES string of the molecule is CCCCCCNCc1cccc(OCC(=O)O)c1. The Bertz CT molecular complexity index is 379. The Labute approximate surface area is 114 Å². The van der Waals surface area contributed by atoms with Crippen LogP contribution in [0.25, 0.3) is 0 Å². The molecule has 0 fully saturated rings. The normalized spacial score (nSPS) is 10.4. The molecule has 1 rings (SSSR count). The van der Waals surface area contributed by atoms with Crippen LogP contribution in [0.3, 0.4) is 0 Å². The molecule has 0 saturated heterocycles. The minimum atomic E-state index is -0.959. The largest absolute Gasteiger partial charge is 0.482 e. The second kappa shape index (κ2) is 9.39. The highest BCUT2D eigenvalue weighted by Gasteiger charge is 2.00. The molecule has 0 radical (unpaired) electrons. The number of nitrogens with one attached hydrogen (secondary N) is 1. The first-order valence-electron chi connectivity index (χ1n) is 6.86. The molecule has 0 amide bonds. The van der Waals surface area contributed by atoms with Gasteiger partial charge in [-0.05, 0) is 30.7 Å². The van der Waals surface area contributed by atoms with Crippen molar-refractivity contribution >= 4 is 5.97 Å². The van der Waals surface area contributed by atoms with E-state index >= 15 is 0 Å². The van der Waals surface area contributed by atoms with E-state index in [4.69, 9.17) is 9.84 Å². The average Bonchev–Trinajstić information content (AvgIpc) is 2.41. The monoisotopic (exact) mass is 265 g/mol. The van der Waals surface area contributed by atoms with Gasteiger partial charge in [0.15, 0.2) is 6.61 Å². The van der Waals surface area contributed by atoms with Gasteiger partial charge in [-0.15, -0.1) is 0 Å². The van der Waals surface area contributed by atoms with Crippen molar-refractivity contribution in [2.45, 2.75) is 39.2 Å². The van der Waals surface area contributed by atoms with Gasteiger partial charge in [0, 0.05) is 6.54 Å². The Balaban J connectivity index is 2.25. The van der Waals surface area contributed by atoms with Crippen LogP contribution >= 0.6 is 0 Å². The molecule has 0 aliphatic carbocycles. The van der Waals surface area contributed by atoms with Crippen LogP contribution in [0.4, 0.5) is 0 Å². The lowest BCUT2D eigenvalue weighted by Gasteiger charge is -2.07. The van der Waals surface area contributed by atoms with Crippen LogP contribution < -0.4 is 10.1 Å². The molecule has 4 heteroatoms. The Hall–Kier alpha value is -1.55. The fourth-order valence-corrected chi connectivity index (χ4v) is 1.80. The molecule has 0 aromatic heterocycles. The first-order chi connectivity index (χ1) is 9.22. The second-order valence-corrected chi connectivity index (χ2v) is 4.57. The number of carboxylic acid groups (broad SMARTS) is 1. The van der Waals surface area contributed by atoms with E-state index in [2.05, 4.69) is 12.2 Å². The van der Waals surface area contributed by atoms with E-state index in [1.54, 1.807) is 6.07 Å². The van der Waals surface area contributed by atoms with E-state index in [0.717, 1.165) is 18.7 Å². The summed E-state index contributed by atoms with van der Waals surface area (Å²) in [5.41, 5.74) is 1.11. The second-order valence-electron chi connectivity index (χ2n) is 4.57. The number of aliphatic carboxylic acids is 1. The number of rotatable bonds is 10. The summed E-state index contributed by atoms with van der Waals surface area (Å²) in [6, 6.07) is 7.54. The summed E-state index contributed by atoms with van der Waals surface area (Å²) in [6.45, 7) is 3.71. The zero-order valence-corrected chi connectivity index (χ0v) is 11.5. The first-order valence-corrected chi connectivity index (χ1v) is 6.86. The van der Waals surface area contributed by atoms with Crippen molar-refractivity contribution in [1.82, 2.24) is 5.32 Å². The van der Waals surface area contributed by atoms with Gasteiger partial charge in [-0.25, -0.2) is 4.79 Å². The van der Waals surface area contributed by atoms with Crippen molar-refractivity contribution in [2.75, 3.05) is 13.2 Å². The number of unbranched alkanes of at least 4 members (excludes halogenated alkanes) is 3. The molecule has 2 N–H and O–H groups in total. The van der Waals surface area contributed by atoms with Gasteiger partial charge >= 0.3 is 5.97 Å². The zero-order valence-electron chi connectivity index (χ0n) is 11.5. The molecule has 0 spiro atoms. The molecule has 0 heterocycles. The summed E-state index contributed by atoms with van der Waals surface area (Å²) in [5, 5.41) is 11.9. The summed E-state index contributed by atoms with van der Waals surface area (Å²) in [6.07, 6.45) is 5.01. The maximum Gasteiger partial charge on any atom is 0.341 e. The van der Waals surface area contributed by atoms with Gasteiger partial charge in [0.2, 0.25) is 0 Å². The lowest BCUT2D eigenvalue weighted by molar-refractivity contribution is -0.139. The first kappa shape index (κ1) is 15.5. The topological polar surface area (TPSA) is 58.6 Å². The number of hydrogen-bond acceptors (Lipinski definition) is 3. The van der Waals surface area contributed by atoms with Gasteiger partial charge in [-0.2, -0.15) is 0 Å². The maximum atomic E-state index is 10.4. The Morgan fingerprint density at radius 1 is 1.32 bits per heavy atom. The predicted molar refractivity (Wildman–Crippen MR) is 75.4 cm³/mol. The van der Waals surface area contributed by atoms with Crippen molar-refractivity contribution in [3.63, 3.8) is 0 Å². The van der Waals surface area contributed by atoms with Gasteiger partial charge in [-0.1, -0.05) is 38.3 Å². The van der Waals surface area contributed by atoms with Crippen LogP contribution in [0.2, 0.25) is 0 Å². The highest BCUT2D eigenvalue weighted by atomic mass is 16.5. The summed E-state index contributed by atoms with van der Waals surface area (Å²) in [5.74, 6) is -0.355. The predicted octanol–water partition coefficient (Wildman–Crippen LogP) is 2.82. The third-order valence-electron chi connectivity index (χ3n) is 2.80. The van der Waals surface area contributed by atoms with Gasteiger partial charge in [-0.3, -0.25) is 0 Å². The molecule has 1 aromatic carbocycles. The fourth-order valence-electron chi connectivity index (χ4n) is 1.80. The van der Waals surface area contributed by atoms with Crippen LogP contribution in [0.1, 0.15) is 38.2 Å². The molecule has 19 heavy (non-hydrogen) atoms. The molecule has 0 bridgehead atoms. The van der Waals surface area contributed by atoms with Crippen LogP contribution in [-0.2, 0) is 11.3 Å². The number of carbonyl (C=O) groups is 1. The standard InChI is InChI=1S/C15H23NO3/c1-2-3-4-5-9-16-11-13-7-6-8-14(10-13)19-12-15(17)18/h6-8,10,16H,2-5,9,11-12H2,1H3,(H,17,18). The Kier molecular flexibility index (Phi) is 7.66. The summed E-state index contributed by atoms with van der Waals surface area (Å²) in [7, 11) is 0. The summed E-state index contributed by atoms with van der Waals surface area (Å²) in [4.78, 5) is 10.4. The Morgan fingerprint density at radius 2 is 2.16 bits per heavy atom. The third kappa shape index (κ3) is 7.47. The van der Waals surface area contributed by atoms with Crippen molar-refractivity contribution in [3.8, 4) is 5.75 Å². The summed E-state index contributed by atoms with van der Waals surface area (Å²) >= 11 is 0. The molecular formula is C15H23NO3. The molecule has 4 nitrogen and oxygen atoms in total. The fraction of sp³-hybridized carbons (Fsp3) is 0.533. The third-order valence-corrected chi connectivity index (χ3v) is 2.80. The minimum absolute atomic E-state index is 0.298. The van der Waals surface area contributed by atoms with Crippen LogP contribution in [0, 0.1) is 0 Å². The number of benzene rings is 1. The molecule has 0 aliphatic rings. The zero-order chi connectivity index (χ0) is 13.9. The lowest BCUT2D eigenvalue weighted by Crippen LogP contribution is -2.15. The van der Waals surface area contributed by atoms with E-state index in [-0.39, 0.29) is 6.61 Å². The number of hydrogen-bond donors (Lipinski definition) is 2. The molecular weight excluding hydrogens is 242 g/mol. The van der Waals surface area contributed by atoms with Crippen LogP contribution in [0.5, 0.6) is 5.75 Å². The molecule has 106 valence electrons. The Morgan fingerprint density at radius 3 is 2.89 bits per heavy atom. The van der Waals surface area contributed by atoms with E-state index in [1.807, 2.05) is 18.2 Å². The van der Waals surface area contributed by atoms with Crippen molar-refractivity contribution in [2.24, 2.45) is 0 Å². The van der Waals surface area contributed by atoms with Crippen LogP contribution in [0.15, 0.2) is 24.3 Å². The highest BCUT2D eigenvalue weighted by Crippen LogP contribution is 2.13. The van der Waals surface area contributed by atoms with Gasteiger partial charge < -0.3 is 15.2 Å². The van der Waals surface area contributed by atoms with Gasteiger partial charge in [0.05, 0.1) is 0 Å². The lowest BCUT2D eigenvalue weighted by atomic mass is 10.2. The van der Waals surface area contributed by atoms with Crippen molar-refractivity contribution in [1.29, 1.82) is 0 Å². The molecule has 0 saturated carbocycles. The highest BCUT2D eigenvalue weighted by molar-refractivity contribution is 5.68. The van der Waals surface area contributed by atoms with Gasteiger partial charge in [0.25, 0.3) is 0 Å². The van der Waals surface area contributed by atoms with E-state index in [0.29, 0.717) is 5.75 Å².